The fourth-order valence-electron chi connectivity index (χ4n) is 5.55. The zero-order chi connectivity index (χ0) is 21.6. The van der Waals surface area contributed by atoms with Crippen LogP contribution in [0.25, 0.3) is 33.1 Å². The van der Waals surface area contributed by atoms with Crippen molar-refractivity contribution in [1.82, 2.24) is 25.3 Å². The summed E-state index contributed by atoms with van der Waals surface area (Å²) in [5, 5.41) is 4.30. The molecule has 0 unspecified atom stereocenters. The number of H-pyrrole nitrogens is 2. The Bertz CT molecular complexity index is 1480. The van der Waals surface area contributed by atoms with Gasteiger partial charge in [-0.25, -0.2) is 19.2 Å². The molecule has 2 bridgehead atoms. The maximum Gasteiger partial charge on any atom is 0.323 e. The van der Waals surface area contributed by atoms with E-state index in [9.17, 15) is 4.79 Å². The third-order valence-electron chi connectivity index (χ3n) is 6.95. The minimum Gasteiger partial charge on any atom is -0.489 e. The first-order valence-corrected chi connectivity index (χ1v) is 11.0. The van der Waals surface area contributed by atoms with Crippen molar-refractivity contribution in [2.24, 2.45) is 0 Å². The van der Waals surface area contributed by atoms with Crippen molar-refractivity contribution in [2.45, 2.75) is 31.0 Å². The van der Waals surface area contributed by atoms with E-state index in [1.54, 1.807) is 18.2 Å². The van der Waals surface area contributed by atoms with Crippen LogP contribution in [0.1, 0.15) is 12.8 Å². The van der Waals surface area contributed by atoms with Crippen LogP contribution < -0.4 is 20.6 Å². The summed E-state index contributed by atoms with van der Waals surface area (Å²) in [5.74, 6) is 0.479. The summed E-state index contributed by atoms with van der Waals surface area (Å²) in [4.78, 5) is 28.4. The smallest absolute Gasteiger partial charge is 0.323 e. The van der Waals surface area contributed by atoms with Gasteiger partial charge in [-0.1, -0.05) is 23.7 Å². The number of rotatable bonds is 1. The summed E-state index contributed by atoms with van der Waals surface area (Å²) in [6, 6.07) is 5.95. The van der Waals surface area contributed by atoms with E-state index in [1.807, 2.05) is 0 Å². The van der Waals surface area contributed by atoms with Gasteiger partial charge < -0.3 is 24.9 Å². The first-order valence-electron chi connectivity index (χ1n) is 10.6. The molecule has 2 saturated heterocycles. The summed E-state index contributed by atoms with van der Waals surface area (Å²) in [6.07, 6.45) is 3.56. The van der Waals surface area contributed by atoms with E-state index < -0.39 is 5.82 Å². The fourth-order valence-corrected chi connectivity index (χ4v) is 5.89. The van der Waals surface area contributed by atoms with E-state index in [-0.39, 0.29) is 33.9 Å². The van der Waals surface area contributed by atoms with Crippen molar-refractivity contribution >= 4 is 39.4 Å². The summed E-state index contributed by atoms with van der Waals surface area (Å²) < 4.78 is 22.3. The molecule has 2 aromatic carbocycles. The van der Waals surface area contributed by atoms with Gasteiger partial charge in [-0.05, 0) is 18.9 Å². The van der Waals surface area contributed by atoms with Crippen LogP contribution in [-0.2, 0) is 0 Å². The Morgan fingerprint density at radius 3 is 3.03 bits per heavy atom. The van der Waals surface area contributed by atoms with Gasteiger partial charge in [-0.3, -0.25) is 0 Å². The molecule has 7 rings (SSSR count). The molecule has 2 fully saturated rings. The average molecular weight is 453 g/mol. The molecule has 3 atom stereocenters. The first kappa shape index (κ1) is 18.4. The normalized spacial score (nSPS) is 23.9. The predicted octanol–water partition coefficient (Wildman–Crippen LogP) is 2.96. The molecule has 3 N–H and O–H groups in total. The molecular weight excluding hydrogens is 435 g/mol. The van der Waals surface area contributed by atoms with Crippen molar-refractivity contribution in [1.29, 1.82) is 0 Å². The van der Waals surface area contributed by atoms with Gasteiger partial charge in [0.05, 0.1) is 27.5 Å². The zero-order valence-electron chi connectivity index (χ0n) is 16.8. The molecule has 4 aromatic rings. The highest BCUT2D eigenvalue weighted by Crippen LogP contribution is 2.49. The Morgan fingerprint density at radius 1 is 1.22 bits per heavy atom. The molecule has 0 spiro atoms. The SMILES string of the molecule is O=c1[nH]c2cccc(-c3c(Cl)c4c5c(ncnc5c3F)N3C[C@H]5CC[C@H](N5)[C@H]3CO4)c2[nH]1. The molecule has 8 nitrogen and oxygen atoms in total. The highest BCUT2D eigenvalue weighted by Gasteiger charge is 2.44. The van der Waals surface area contributed by atoms with Crippen molar-refractivity contribution in [3.05, 3.63) is 45.9 Å². The van der Waals surface area contributed by atoms with Crippen LogP contribution in [-0.4, -0.2) is 51.2 Å². The lowest BCUT2D eigenvalue weighted by atomic mass is 10.00. The Morgan fingerprint density at radius 2 is 2.12 bits per heavy atom. The van der Waals surface area contributed by atoms with Gasteiger partial charge in [0.25, 0.3) is 0 Å². The molecule has 0 saturated carbocycles. The number of halogens is 2. The number of benzene rings is 2. The number of ether oxygens (including phenoxy) is 1. The predicted molar refractivity (Wildman–Crippen MR) is 119 cm³/mol. The molecule has 3 aliphatic heterocycles. The fraction of sp³-hybridized carbons (Fsp3) is 0.318. The Balaban J connectivity index is 1.53. The largest absolute Gasteiger partial charge is 0.489 e. The monoisotopic (exact) mass is 452 g/mol. The molecule has 2 aromatic heterocycles. The van der Waals surface area contributed by atoms with Gasteiger partial charge in [-0.2, -0.15) is 0 Å². The lowest BCUT2D eigenvalue weighted by Crippen LogP contribution is -2.60. The highest BCUT2D eigenvalue weighted by molar-refractivity contribution is 6.37. The van der Waals surface area contributed by atoms with Crippen LogP contribution in [0.3, 0.4) is 0 Å². The molecule has 10 heteroatoms. The number of nitrogens with one attached hydrogen (secondary N) is 3. The van der Waals surface area contributed by atoms with Gasteiger partial charge in [0.1, 0.15) is 24.3 Å². The highest BCUT2D eigenvalue weighted by atomic mass is 35.5. The van der Waals surface area contributed by atoms with Crippen molar-refractivity contribution < 1.29 is 9.13 Å². The van der Waals surface area contributed by atoms with E-state index in [4.69, 9.17) is 16.3 Å². The number of piperazine rings is 1. The maximum atomic E-state index is 16.0. The second kappa shape index (κ2) is 6.43. The number of aromatic amines is 2. The summed E-state index contributed by atoms with van der Waals surface area (Å²) in [6.45, 7) is 1.19. The quantitative estimate of drug-likeness (QED) is 0.410. The van der Waals surface area contributed by atoms with E-state index >= 15 is 4.39 Å². The number of hydrogen-bond acceptors (Lipinski definition) is 6. The van der Waals surface area contributed by atoms with Crippen molar-refractivity contribution in [3.8, 4) is 16.9 Å². The lowest BCUT2D eigenvalue weighted by molar-refractivity contribution is 0.244. The zero-order valence-corrected chi connectivity index (χ0v) is 17.5. The average Bonchev–Trinajstić information content (AvgIpc) is 3.31. The number of imidazole rings is 1. The second-order valence-electron chi connectivity index (χ2n) is 8.64. The molecule has 32 heavy (non-hydrogen) atoms. The number of fused-ring (bicyclic) bond motifs is 6. The summed E-state index contributed by atoms with van der Waals surface area (Å²) in [7, 11) is 0. The lowest BCUT2D eigenvalue weighted by Gasteiger charge is -2.40. The Kier molecular flexibility index (Phi) is 3.70. The standard InChI is InChI=1S/C22H18ClFN6O2/c23-16-14(10-2-1-3-12-18(10)29-22(31)28-12)17(24)19-15-20(16)32-7-13-11-5-4-9(27-11)6-30(13)21(15)26-8-25-19/h1-3,8-9,11,13,27H,4-7H2,(H2,28,29,31)/t9-,11+,13-/m1/s1. The van der Waals surface area contributed by atoms with Crippen LogP contribution in [0.15, 0.2) is 29.3 Å². The molecular formula is C22H18ClFN6O2. The van der Waals surface area contributed by atoms with E-state index in [2.05, 4.69) is 30.2 Å². The number of anilines is 1. The first-order chi connectivity index (χ1) is 15.6. The van der Waals surface area contributed by atoms with Gasteiger partial charge >= 0.3 is 5.69 Å². The number of hydrogen-bond donors (Lipinski definition) is 3. The Hall–Kier alpha value is -3.17. The van der Waals surface area contributed by atoms with Crippen LogP contribution in [0, 0.1) is 5.82 Å². The van der Waals surface area contributed by atoms with Gasteiger partial charge in [0, 0.05) is 29.8 Å². The minimum absolute atomic E-state index is 0.0753. The molecule has 0 amide bonds. The number of aromatic nitrogens is 4. The topological polar surface area (TPSA) is 98.9 Å². The van der Waals surface area contributed by atoms with Crippen molar-refractivity contribution in [3.63, 3.8) is 0 Å². The van der Waals surface area contributed by atoms with Crippen LogP contribution in [0.4, 0.5) is 10.2 Å². The van der Waals surface area contributed by atoms with Gasteiger partial charge in [-0.15, -0.1) is 0 Å². The third kappa shape index (κ3) is 2.37. The van der Waals surface area contributed by atoms with Crippen molar-refractivity contribution in [2.75, 3.05) is 18.1 Å². The molecule has 3 aliphatic rings. The molecule has 5 heterocycles. The van der Waals surface area contributed by atoms with E-state index in [0.717, 1.165) is 19.4 Å². The summed E-state index contributed by atoms with van der Waals surface area (Å²) >= 11 is 6.83. The number of para-hydroxylation sites is 1. The molecule has 0 radical (unpaired) electrons. The second-order valence-corrected chi connectivity index (χ2v) is 9.02. The summed E-state index contributed by atoms with van der Waals surface area (Å²) in [5.41, 5.74) is 1.45. The van der Waals surface area contributed by atoms with Gasteiger partial charge in [0.2, 0.25) is 0 Å². The Labute approximate surface area is 185 Å². The van der Waals surface area contributed by atoms with Crippen LogP contribution >= 0.6 is 11.6 Å². The minimum atomic E-state index is -0.563. The third-order valence-corrected chi connectivity index (χ3v) is 7.31. The number of nitrogens with zero attached hydrogens (tertiary/aromatic N) is 3. The van der Waals surface area contributed by atoms with Gasteiger partial charge in [0.15, 0.2) is 11.6 Å². The molecule has 0 aliphatic carbocycles. The molecule has 162 valence electrons. The van der Waals surface area contributed by atoms with Crippen LogP contribution in [0.5, 0.6) is 5.75 Å². The van der Waals surface area contributed by atoms with E-state index in [1.165, 1.54) is 6.33 Å². The maximum absolute atomic E-state index is 16.0. The van der Waals surface area contributed by atoms with Crippen LogP contribution in [0.2, 0.25) is 5.02 Å². The van der Waals surface area contributed by atoms with E-state index in [0.29, 0.717) is 46.2 Å².